The van der Waals surface area contributed by atoms with E-state index < -0.39 is 6.10 Å². The topological polar surface area (TPSA) is 80.4 Å². The Kier molecular flexibility index (Phi) is 10.0. The summed E-state index contributed by atoms with van der Waals surface area (Å²) in [6.45, 7) is 6.02. The number of unbranched alkanes of at least 4 members (excludes halogenated alkanes) is 5. The van der Waals surface area contributed by atoms with E-state index in [0.717, 1.165) is 13.0 Å². The van der Waals surface area contributed by atoms with Gasteiger partial charge in [0.05, 0.1) is 19.3 Å². The molecule has 1 aromatic rings. The molecule has 1 rings (SSSR count). The fourth-order valence-corrected chi connectivity index (χ4v) is 2.03. The Hall–Kier alpha value is -0.980. The molecular formula is C15H29N3O3. The van der Waals surface area contributed by atoms with Gasteiger partial charge in [-0.1, -0.05) is 44.2 Å². The zero-order valence-corrected chi connectivity index (χ0v) is 13.3. The number of aliphatic hydroxyl groups excluding tert-OH is 1. The minimum Gasteiger partial charge on any atom is -0.389 e. The molecule has 1 atom stereocenters. The fourth-order valence-electron chi connectivity index (χ4n) is 2.03. The molecule has 0 aliphatic rings. The molecule has 0 saturated carbocycles. The van der Waals surface area contributed by atoms with Crippen molar-refractivity contribution in [2.75, 3.05) is 19.8 Å². The van der Waals surface area contributed by atoms with Crippen LogP contribution in [0.15, 0.2) is 4.52 Å². The van der Waals surface area contributed by atoms with Gasteiger partial charge in [0.2, 0.25) is 5.89 Å². The first-order valence-electron chi connectivity index (χ1n) is 7.98. The van der Waals surface area contributed by atoms with E-state index in [-0.39, 0.29) is 0 Å². The summed E-state index contributed by atoms with van der Waals surface area (Å²) >= 11 is 0. The van der Waals surface area contributed by atoms with Gasteiger partial charge >= 0.3 is 0 Å². The van der Waals surface area contributed by atoms with E-state index in [9.17, 15) is 5.11 Å². The van der Waals surface area contributed by atoms with Gasteiger partial charge in [0.25, 0.3) is 0 Å². The summed E-state index contributed by atoms with van der Waals surface area (Å²) in [6, 6.07) is 0. The summed E-state index contributed by atoms with van der Waals surface area (Å²) in [5.74, 6) is 1.15. The molecule has 0 aliphatic heterocycles. The number of aliphatic hydroxyl groups is 1. The molecule has 6 nitrogen and oxygen atoms in total. The SMILES string of the molecule is CCCCCCCCOCC(O)CNCc1noc(C)n1. The van der Waals surface area contributed by atoms with E-state index in [1.165, 1.54) is 32.1 Å². The zero-order chi connectivity index (χ0) is 15.3. The lowest BCUT2D eigenvalue weighted by molar-refractivity contribution is 0.0352. The third-order valence-electron chi connectivity index (χ3n) is 3.19. The van der Waals surface area contributed by atoms with E-state index in [4.69, 9.17) is 9.26 Å². The molecule has 1 aromatic heterocycles. The largest absolute Gasteiger partial charge is 0.389 e. The van der Waals surface area contributed by atoms with Gasteiger partial charge in [0, 0.05) is 20.1 Å². The first-order chi connectivity index (χ1) is 10.2. The van der Waals surface area contributed by atoms with E-state index >= 15 is 0 Å². The second-order valence-corrected chi connectivity index (χ2v) is 5.36. The lowest BCUT2D eigenvalue weighted by Crippen LogP contribution is -2.30. The van der Waals surface area contributed by atoms with Crippen molar-refractivity contribution in [3.05, 3.63) is 11.7 Å². The summed E-state index contributed by atoms with van der Waals surface area (Å²) < 4.78 is 10.3. The molecule has 2 N–H and O–H groups in total. The normalized spacial score (nSPS) is 12.7. The summed E-state index contributed by atoms with van der Waals surface area (Å²) in [5.41, 5.74) is 0. The van der Waals surface area contributed by atoms with Crippen molar-refractivity contribution < 1.29 is 14.4 Å². The second kappa shape index (κ2) is 11.7. The zero-order valence-electron chi connectivity index (χ0n) is 13.3. The number of hydrogen-bond donors (Lipinski definition) is 2. The van der Waals surface area contributed by atoms with Crippen LogP contribution in [0.1, 0.15) is 57.2 Å². The van der Waals surface area contributed by atoms with E-state index in [0.29, 0.717) is 31.4 Å². The lowest BCUT2D eigenvalue weighted by Gasteiger charge is -2.11. The molecule has 0 aromatic carbocycles. The number of rotatable bonds is 13. The fraction of sp³-hybridized carbons (Fsp3) is 0.867. The standard InChI is InChI=1S/C15H29N3O3/c1-3-4-5-6-7-8-9-20-12-14(19)10-16-11-15-17-13(2)21-18-15/h14,16,19H,3-12H2,1-2H3. The molecule has 0 fully saturated rings. The van der Waals surface area contributed by atoms with Crippen LogP contribution in [0, 0.1) is 6.92 Å². The van der Waals surface area contributed by atoms with Crippen LogP contribution in [-0.4, -0.2) is 41.1 Å². The van der Waals surface area contributed by atoms with Crippen LogP contribution in [0.25, 0.3) is 0 Å². The van der Waals surface area contributed by atoms with Gasteiger partial charge in [-0.05, 0) is 6.42 Å². The maximum atomic E-state index is 9.75. The molecule has 1 heterocycles. The Balaban J connectivity index is 1.88. The van der Waals surface area contributed by atoms with E-state index in [1.807, 2.05) is 0 Å². The van der Waals surface area contributed by atoms with Gasteiger partial charge in [-0.3, -0.25) is 0 Å². The van der Waals surface area contributed by atoms with Gasteiger partial charge in [-0.15, -0.1) is 0 Å². The van der Waals surface area contributed by atoms with Crippen molar-refractivity contribution in [3.8, 4) is 0 Å². The number of nitrogens with one attached hydrogen (secondary N) is 1. The average Bonchev–Trinajstić information content (AvgIpc) is 2.87. The molecule has 0 saturated heterocycles. The summed E-state index contributed by atoms with van der Waals surface area (Å²) in [6.07, 6.45) is 6.99. The lowest BCUT2D eigenvalue weighted by atomic mass is 10.1. The maximum absolute atomic E-state index is 9.75. The molecular weight excluding hydrogens is 270 g/mol. The van der Waals surface area contributed by atoms with Crippen molar-refractivity contribution >= 4 is 0 Å². The summed E-state index contributed by atoms with van der Waals surface area (Å²) in [4.78, 5) is 4.07. The van der Waals surface area contributed by atoms with Crippen molar-refractivity contribution in [1.29, 1.82) is 0 Å². The van der Waals surface area contributed by atoms with Gasteiger partial charge in [0.1, 0.15) is 0 Å². The van der Waals surface area contributed by atoms with Crippen LogP contribution in [-0.2, 0) is 11.3 Å². The highest BCUT2D eigenvalue weighted by atomic mass is 16.5. The molecule has 1 unspecified atom stereocenters. The number of hydrogen-bond acceptors (Lipinski definition) is 6. The van der Waals surface area contributed by atoms with Crippen LogP contribution in [0.3, 0.4) is 0 Å². The Bertz CT molecular complexity index is 358. The van der Waals surface area contributed by atoms with Crippen LogP contribution < -0.4 is 5.32 Å². The molecule has 122 valence electrons. The number of aromatic nitrogens is 2. The van der Waals surface area contributed by atoms with Gasteiger partial charge in [-0.2, -0.15) is 4.98 Å². The van der Waals surface area contributed by atoms with E-state index in [2.05, 4.69) is 22.4 Å². The highest BCUT2D eigenvalue weighted by Crippen LogP contribution is 2.04. The van der Waals surface area contributed by atoms with Crippen LogP contribution in [0.2, 0.25) is 0 Å². The van der Waals surface area contributed by atoms with Gasteiger partial charge < -0.3 is 19.7 Å². The third-order valence-corrected chi connectivity index (χ3v) is 3.19. The average molecular weight is 299 g/mol. The third kappa shape index (κ3) is 9.55. The second-order valence-electron chi connectivity index (χ2n) is 5.36. The van der Waals surface area contributed by atoms with Crippen LogP contribution in [0.5, 0.6) is 0 Å². The molecule has 0 bridgehead atoms. The minimum absolute atomic E-state index is 0.368. The molecule has 0 aliphatic carbocycles. The van der Waals surface area contributed by atoms with Crippen molar-refractivity contribution in [1.82, 2.24) is 15.5 Å². The van der Waals surface area contributed by atoms with Gasteiger partial charge in [0.15, 0.2) is 5.82 Å². The van der Waals surface area contributed by atoms with Crippen molar-refractivity contribution in [3.63, 3.8) is 0 Å². The van der Waals surface area contributed by atoms with Crippen molar-refractivity contribution in [2.24, 2.45) is 0 Å². The molecule has 0 amide bonds. The maximum Gasteiger partial charge on any atom is 0.223 e. The number of ether oxygens (including phenoxy) is 1. The smallest absolute Gasteiger partial charge is 0.223 e. The highest BCUT2D eigenvalue weighted by Gasteiger charge is 2.06. The molecule has 21 heavy (non-hydrogen) atoms. The Morgan fingerprint density at radius 3 is 2.71 bits per heavy atom. The first kappa shape index (κ1) is 18.1. The van der Waals surface area contributed by atoms with E-state index in [1.54, 1.807) is 6.92 Å². The summed E-state index contributed by atoms with van der Waals surface area (Å²) in [5, 5.41) is 16.6. The molecule has 0 spiro atoms. The number of aryl methyl sites for hydroxylation is 1. The monoisotopic (exact) mass is 299 g/mol. The predicted octanol–water partition coefficient (Wildman–Crippen LogP) is 2.21. The Morgan fingerprint density at radius 2 is 2.00 bits per heavy atom. The number of nitrogens with zero attached hydrogens (tertiary/aromatic N) is 2. The first-order valence-corrected chi connectivity index (χ1v) is 7.98. The Labute approximate surface area is 127 Å². The van der Waals surface area contributed by atoms with Crippen LogP contribution >= 0.6 is 0 Å². The minimum atomic E-state index is -0.502. The van der Waals surface area contributed by atoms with Crippen molar-refractivity contribution in [2.45, 2.75) is 65.0 Å². The predicted molar refractivity (Wildman–Crippen MR) is 80.9 cm³/mol. The highest BCUT2D eigenvalue weighted by molar-refractivity contribution is 4.82. The quantitative estimate of drug-likeness (QED) is 0.544. The molecule has 6 heteroatoms. The Morgan fingerprint density at radius 1 is 1.24 bits per heavy atom. The molecule has 0 radical (unpaired) electrons. The van der Waals surface area contributed by atoms with Gasteiger partial charge in [-0.25, -0.2) is 0 Å². The van der Waals surface area contributed by atoms with Crippen LogP contribution in [0.4, 0.5) is 0 Å². The summed E-state index contributed by atoms with van der Waals surface area (Å²) in [7, 11) is 0.